The number of nitrogens with one attached hydrogen (secondary N) is 3. The predicted molar refractivity (Wildman–Crippen MR) is 124 cm³/mol. The smallest absolute Gasteiger partial charge is 0.251 e. The fraction of sp³-hybridized carbons (Fsp3) is 0.375. The molecule has 1 aliphatic rings. The van der Waals surface area contributed by atoms with Crippen LogP contribution in [0.25, 0.3) is 0 Å². The topological polar surface area (TPSA) is 70.2 Å². The van der Waals surface area contributed by atoms with Crippen molar-refractivity contribution in [3.63, 3.8) is 0 Å². The van der Waals surface area contributed by atoms with Gasteiger partial charge in [-0.3, -0.25) is 9.59 Å². The molecule has 6 heteroatoms. The highest BCUT2D eigenvalue weighted by Gasteiger charge is 2.15. The zero-order chi connectivity index (χ0) is 21.2. The lowest BCUT2D eigenvalue weighted by Gasteiger charge is -2.21. The largest absolute Gasteiger partial charge is 0.348 e. The van der Waals surface area contributed by atoms with E-state index in [1.165, 1.54) is 32.1 Å². The van der Waals surface area contributed by atoms with E-state index in [0.29, 0.717) is 24.4 Å². The summed E-state index contributed by atoms with van der Waals surface area (Å²) in [7, 11) is 0. The van der Waals surface area contributed by atoms with Crippen molar-refractivity contribution >= 4 is 34.8 Å². The molecular formula is C24H29N3O2S. The predicted octanol–water partition coefficient (Wildman–Crippen LogP) is 4.79. The Balaban J connectivity index is 1.40. The minimum Gasteiger partial charge on any atom is -0.348 e. The minimum absolute atomic E-state index is 0.0463. The maximum absolute atomic E-state index is 12.3. The number of benzene rings is 2. The Morgan fingerprint density at radius 1 is 0.933 bits per heavy atom. The molecule has 1 fully saturated rings. The number of thiocarbonyl (C=S) groups is 1. The summed E-state index contributed by atoms with van der Waals surface area (Å²) in [5.41, 5.74) is 2.35. The molecule has 0 aromatic heterocycles. The molecule has 30 heavy (non-hydrogen) atoms. The second-order valence-corrected chi connectivity index (χ2v) is 8.20. The van der Waals surface area contributed by atoms with Crippen LogP contribution >= 0.6 is 12.2 Å². The van der Waals surface area contributed by atoms with Crippen LogP contribution < -0.4 is 16.0 Å². The summed E-state index contributed by atoms with van der Waals surface area (Å²) in [6, 6.07) is 16.8. The van der Waals surface area contributed by atoms with Crippen molar-refractivity contribution in [1.29, 1.82) is 0 Å². The van der Waals surface area contributed by atoms with Crippen LogP contribution in [0.4, 0.5) is 5.69 Å². The van der Waals surface area contributed by atoms with E-state index in [1.807, 2.05) is 30.3 Å². The zero-order valence-electron chi connectivity index (χ0n) is 17.2. The van der Waals surface area contributed by atoms with Gasteiger partial charge >= 0.3 is 0 Å². The number of amides is 2. The van der Waals surface area contributed by atoms with E-state index < -0.39 is 0 Å². The van der Waals surface area contributed by atoms with Gasteiger partial charge in [-0.1, -0.05) is 62.4 Å². The highest BCUT2D eigenvalue weighted by atomic mass is 32.1. The first-order chi connectivity index (χ1) is 14.6. The molecule has 0 unspecified atom stereocenters. The van der Waals surface area contributed by atoms with Crippen LogP contribution in [0.2, 0.25) is 0 Å². The highest BCUT2D eigenvalue weighted by Crippen LogP contribution is 2.27. The van der Waals surface area contributed by atoms with E-state index >= 15 is 0 Å². The summed E-state index contributed by atoms with van der Waals surface area (Å²) in [6.07, 6.45) is 7.81. The van der Waals surface area contributed by atoms with Crippen LogP contribution in [0.3, 0.4) is 0 Å². The first-order valence-electron chi connectivity index (χ1n) is 10.6. The van der Waals surface area contributed by atoms with Gasteiger partial charge in [0.15, 0.2) is 5.11 Å². The molecular weight excluding hydrogens is 394 g/mol. The molecule has 3 rings (SSSR count). The standard InChI is InChI=1S/C24H29N3O2S/c28-22(16-11-18-7-3-1-4-8-18)27-24(30)26-21-14-12-20(13-15-21)23(29)25-17-19-9-5-2-6-10-19/h2,5-6,9-10,12-15,18H,1,3-4,7-8,11,16-17H2,(H,25,29)(H2,26,27,28,30). The van der Waals surface area contributed by atoms with Gasteiger partial charge in [0.05, 0.1) is 0 Å². The number of hydrogen-bond donors (Lipinski definition) is 3. The summed E-state index contributed by atoms with van der Waals surface area (Å²) in [5.74, 6) is 0.491. The average Bonchev–Trinajstić information content (AvgIpc) is 2.78. The molecule has 158 valence electrons. The Hall–Kier alpha value is -2.73. The number of carbonyl (C=O) groups is 2. The summed E-state index contributed by atoms with van der Waals surface area (Å²) >= 11 is 5.24. The Labute approximate surface area is 183 Å². The second kappa shape index (κ2) is 11.5. The lowest BCUT2D eigenvalue weighted by molar-refractivity contribution is -0.120. The van der Waals surface area contributed by atoms with Gasteiger partial charge in [0.2, 0.25) is 5.91 Å². The van der Waals surface area contributed by atoms with Crippen molar-refractivity contribution in [2.45, 2.75) is 51.5 Å². The van der Waals surface area contributed by atoms with E-state index in [2.05, 4.69) is 16.0 Å². The maximum Gasteiger partial charge on any atom is 0.251 e. The van der Waals surface area contributed by atoms with Gasteiger partial charge in [-0.2, -0.15) is 0 Å². The van der Waals surface area contributed by atoms with Crippen molar-refractivity contribution < 1.29 is 9.59 Å². The van der Waals surface area contributed by atoms with Gasteiger partial charge in [0.25, 0.3) is 5.91 Å². The fourth-order valence-corrected chi connectivity index (χ4v) is 3.98. The van der Waals surface area contributed by atoms with Crippen molar-refractivity contribution in [1.82, 2.24) is 10.6 Å². The van der Waals surface area contributed by atoms with Crippen LogP contribution in [0.1, 0.15) is 60.9 Å². The van der Waals surface area contributed by atoms with E-state index in [9.17, 15) is 9.59 Å². The molecule has 2 aromatic carbocycles. The molecule has 1 aliphatic carbocycles. The Morgan fingerprint density at radius 3 is 2.33 bits per heavy atom. The van der Waals surface area contributed by atoms with Crippen LogP contribution in [0, 0.1) is 5.92 Å². The SMILES string of the molecule is O=C(CCC1CCCCC1)NC(=S)Nc1ccc(C(=O)NCc2ccccc2)cc1. The second-order valence-electron chi connectivity index (χ2n) is 7.79. The molecule has 1 saturated carbocycles. The van der Waals surface area contributed by atoms with Crippen molar-refractivity contribution in [3.8, 4) is 0 Å². The van der Waals surface area contributed by atoms with Crippen LogP contribution in [-0.4, -0.2) is 16.9 Å². The molecule has 0 aliphatic heterocycles. The van der Waals surface area contributed by atoms with E-state index in [4.69, 9.17) is 12.2 Å². The molecule has 2 aromatic rings. The van der Waals surface area contributed by atoms with Gasteiger partial charge in [-0.15, -0.1) is 0 Å². The van der Waals surface area contributed by atoms with Gasteiger partial charge in [-0.25, -0.2) is 0 Å². The first-order valence-corrected chi connectivity index (χ1v) is 11.0. The number of hydrogen-bond acceptors (Lipinski definition) is 3. The Morgan fingerprint density at radius 2 is 1.63 bits per heavy atom. The van der Waals surface area contributed by atoms with Crippen LogP contribution in [-0.2, 0) is 11.3 Å². The monoisotopic (exact) mass is 423 g/mol. The molecule has 0 radical (unpaired) electrons. The van der Waals surface area contributed by atoms with Crippen LogP contribution in [0.15, 0.2) is 54.6 Å². The number of anilines is 1. The quantitative estimate of drug-likeness (QED) is 0.560. The van der Waals surface area contributed by atoms with E-state index in [0.717, 1.165) is 17.7 Å². The molecule has 3 N–H and O–H groups in total. The molecule has 0 saturated heterocycles. The van der Waals surface area contributed by atoms with Crippen LogP contribution in [0.5, 0.6) is 0 Å². The van der Waals surface area contributed by atoms with Gasteiger partial charge in [-0.05, 0) is 54.4 Å². The van der Waals surface area contributed by atoms with Gasteiger partial charge < -0.3 is 16.0 Å². The zero-order valence-corrected chi connectivity index (χ0v) is 18.0. The number of carbonyl (C=O) groups excluding carboxylic acids is 2. The van der Waals surface area contributed by atoms with Crippen molar-refractivity contribution in [2.24, 2.45) is 5.92 Å². The van der Waals surface area contributed by atoms with Crippen molar-refractivity contribution in [3.05, 3.63) is 65.7 Å². The van der Waals surface area contributed by atoms with Crippen molar-refractivity contribution in [2.75, 3.05) is 5.32 Å². The Bertz CT molecular complexity index is 847. The minimum atomic E-state index is -0.135. The highest BCUT2D eigenvalue weighted by molar-refractivity contribution is 7.80. The third-order valence-corrected chi connectivity index (χ3v) is 5.66. The average molecular weight is 424 g/mol. The fourth-order valence-electron chi connectivity index (χ4n) is 3.75. The molecule has 5 nitrogen and oxygen atoms in total. The maximum atomic E-state index is 12.3. The lowest BCUT2D eigenvalue weighted by Crippen LogP contribution is -2.34. The summed E-state index contributed by atoms with van der Waals surface area (Å²) < 4.78 is 0. The third kappa shape index (κ3) is 7.26. The van der Waals surface area contributed by atoms with E-state index in [1.54, 1.807) is 24.3 Å². The molecule has 2 amide bonds. The van der Waals surface area contributed by atoms with Gasteiger partial charge in [0.1, 0.15) is 0 Å². The first kappa shape index (κ1) is 22.0. The normalized spacial score (nSPS) is 14.0. The molecule has 0 spiro atoms. The van der Waals surface area contributed by atoms with E-state index in [-0.39, 0.29) is 16.9 Å². The summed E-state index contributed by atoms with van der Waals surface area (Å²) in [6.45, 7) is 0.483. The van der Waals surface area contributed by atoms with Gasteiger partial charge in [0, 0.05) is 24.2 Å². The number of rotatable bonds is 7. The molecule has 0 atom stereocenters. The molecule has 0 bridgehead atoms. The Kier molecular flexibility index (Phi) is 8.39. The molecule has 0 heterocycles. The third-order valence-electron chi connectivity index (χ3n) is 5.46. The lowest BCUT2D eigenvalue weighted by atomic mass is 9.86. The summed E-state index contributed by atoms with van der Waals surface area (Å²) in [4.78, 5) is 24.4. The summed E-state index contributed by atoms with van der Waals surface area (Å²) in [5, 5.41) is 8.93.